The summed E-state index contributed by atoms with van der Waals surface area (Å²) in [6, 6.07) is 3.20. The van der Waals surface area contributed by atoms with Crippen molar-refractivity contribution in [3.63, 3.8) is 0 Å². The molecule has 3 rings (SSSR count). The molecular weight excluding hydrogens is 387 g/mol. The minimum atomic E-state index is -1.59. The van der Waals surface area contributed by atoms with Crippen LogP contribution in [-0.4, -0.2) is 54.0 Å². The Kier molecular flexibility index (Phi) is 5.14. The Balaban J connectivity index is 1.98. The van der Waals surface area contributed by atoms with Gasteiger partial charge in [-0.25, -0.2) is 4.39 Å². The first-order chi connectivity index (χ1) is 13.0. The summed E-state index contributed by atoms with van der Waals surface area (Å²) < 4.78 is 14.1. The zero-order valence-corrected chi connectivity index (χ0v) is 16.8. The van der Waals surface area contributed by atoms with Crippen molar-refractivity contribution in [2.45, 2.75) is 49.9 Å². The summed E-state index contributed by atoms with van der Waals surface area (Å²) in [5.74, 6) is -1.47. The number of nitrogens with one attached hydrogen (secondary N) is 2. The molecule has 28 heavy (non-hydrogen) atoms. The Bertz CT molecular complexity index is 841. The highest BCUT2D eigenvalue weighted by Gasteiger charge is 2.57. The first-order valence-corrected chi connectivity index (χ1v) is 9.44. The van der Waals surface area contributed by atoms with Gasteiger partial charge in [0.25, 0.3) is 0 Å². The first kappa shape index (κ1) is 20.5. The second kappa shape index (κ2) is 7.00. The number of hydrogen-bond donors (Lipinski definition) is 3. The lowest BCUT2D eigenvalue weighted by atomic mass is 9.79. The number of carbonyl (C=O) groups excluding carboxylic acids is 3. The number of likely N-dealkylation sites (N-methyl/N-ethyl adjacent to an activating group) is 1. The van der Waals surface area contributed by atoms with Crippen molar-refractivity contribution >= 4 is 35.0 Å². The van der Waals surface area contributed by atoms with Crippen LogP contribution in [0, 0.1) is 0 Å². The molecule has 7 nitrogen and oxygen atoms in total. The van der Waals surface area contributed by atoms with Gasteiger partial charge in [-0.15, -0.1) is 0 Å². The zero-order chi connectivity index (χ0) is 20.9. The highest BCUT2D eigenvalue weighted by atomic mass is 35.5. The maximum absolute atomic E-state index is 14.1. The topological polar surface area (TPSA) is 105 Å². The summed E-state index contributed by atoms with van der Waals surface area (Å²) in [6.45, 7) is 2.73. The average molecular weight is 411 g/mol. The molecule has 2 heterocycles. The van der Waals surface area contributed by atoms with Crippen molar-refractivity contribution in [3.05, 3.63) is 28.8 Å². The number of anilines is 1. The molecule has 3 amide bonds. The fraction of sp³-hybridized carbons (Fsp3) is 0.526. The van der Waals surface area contributed by atoms with Crippen LogP contribution in [0.25, 0.3) is 0 Å². The molecule has 0 bridgehead atoms. The number of primary amides is 1. The van der Waals surface area contributed by atoms with Crippen LogP contribution < -0.4 is 16.4 Å². The number of amides is 3. The second-order valence-corrected chi connectivity index (χ2v) is 8.52. The van der Waals surface area contributed by atoms with E-state index in [-0.39, 0.29) is 25.3 Å². The molecule has 4 N–H and O–H groups in total. The van der Waals surface area contributed by atoms with Gasteiger partial charge in [0.05, 0.1) is 11.5 Å². The van der Waals surface area contributed by atoms with Gasteiger partial charge in [-0.3, -0.25) is 14.4 Å². The van der Waals surface area contributed by atoms with Gasteiger partial charge >= 0.3 is 0 Å². The number of likely N-dealkylation sites (tertiary alicyclic amines) is 1. The lowest BCUT2D eigenvalue weighted by molar-refractivity contribution is -0.139. The van der Waals surface area contributed by atoms with Crippen molar-refractivity contribution in [2.24, 2.45) is 5.73 Å². The lowest BCUT2D eigenvalue weighted by Crippen LogP contribution is -2.52. The fourth-order valence-electron chi connectivity index (χ4n) is 4.14. The van der Waals surface area contributed by atoms with Crippen molar-refractivity contribution in [2.75, 3.05) is 18.9 Å². The molecule has 0 aromatic heterocycles. The molecule has 2 aliphatic rings. The highest BCUT2D eigenvalue weighted by Crippen LogP contribution is 2.47. The molecule has 1 aromatic rings. The molecule has 9 heteroatoms. The second-order valence-electron chi connectivity index (χ2n) is 8.08. The Morgan fingerprint density at radius 1 is 1.50 bits per heavy atom. The van der Waals surface area contributed by atoms with Crippen LogP contribution in [0.5, 0.6) is 0 Å². The van der Waals surface area contributed by atoms with Crippen LogP contribution in [0.2, 0.25) is 5.02 Å². The molecular formula is C19H24ClFN4O3. The molecule has 1 saturated heterocycles. The highest BCUT2D eigenvalue weighted by molar-refractivity contribution is 6.31. The summed E-state index contributed by atoms with van der Waals surface area (Å²) in [5, 5.41) is 6.05. The standard InChI is InChI=1S/C19H24ClFN4O3/c1-18(2,21)7-13(23-3)16(27)25-9-19(8-14(25)15(22)26)11-6-10(20)4-5-12(11)24-17(19)28/h4-6,13-14,23H,7-9H2,1-3H3,(H2,22,26)(H,24,28)/t13-,14-,19-/m0/s1. The van der Waals surface area contributed by atoms with Crippen molar-refractivity contribution < 1.29 is 18.8 Å². The summed E-state index contributed by atoms with van der Waals surface area (Å²) >= 11 is 6.11. The van der Waals surface area contributed by atoms with Gasteiger partial charge in [0.1, 0.15) is 11.7 Å². The normalized spacial score (nSPS) is 25.0. The summed E-state index contributed by atoms with van der Waals surface area (Å²) in [5.41, 5.74) is 4.09. The minimum Gasteiger partial charge on any atom is -0.368 e. The van der Waals surface area contributed by atoms with E-state index in [1.54, 1.807) is 25.2 Å². The SMILES string of the molecule is CN[C@@H](CC(C)(C)F)C(=O)N1C[C@]2(C[C@H]1C(N)=O)C(=O)Nc1ccc(Cl)cc12. The zero-order valence-electron chi connectivity index (χ0n) is 16.0. The summed E-state index contributed by atoms with van der Waals surface area (Å²) in [4.78, 5) is 39.4. The van der Waals surface area contributed by atoms with Crippen LogP contribution in [0.15, 0.2) is 18.2 Å². The van der Waals surface area contributed by atoms with Crippen molar-refractivity contribution in [1.29, 1.82) is 0 Å². The van der Waals surface area contributed by atoms with Gasteiger partial charge in [-0.05, 0) is 51.1 Å². The summed E-state index contributed by atoms with van der Waals surface area (Å²) in [6.07, 6.45) is -0.0192. The van der Waals surface area contributed by atoms with Crippen LogP contribution in [0.1, 0.15) is 32.3 Å². The predicted octanol–water partition coefficient (Wildman–Crippen LogP) is 1.34. The third-order valence-electron chi connectivity index (χ3n) is 5.49. The van der Waals surface area contributed by atoms with Gasteiger partial charge < -0.3 is 21.3 Å². The molecule has 1 fully saturated rings. The van der Waals surface area contributed by atoms with E-state index in [0.717, 1.165) is 0 Å². The van der Waals surface area contributed by atoms with Gasteiger partial charge in [0, 0.05) is 23.7 Å². The molecule has 3 atom stereocenters. The molecule has 0 radical (unpaired) electrons. The van der Waals surface area contributed by atoms with E-state index >= 15 is 0 Å². The van der Waals surface area contributed by atoms with Gasteiger partial charge in [0.2, 0.25) is 17.7 Å². The number of hydrogen-bond acceptors (Lipinski definition) is 4. The van der Waals surface area contributed by atoms with Crippen LogP contribution in [0.3, 0.4) is 0 Å². The Labute approximate surface area is 167 Å². The van der Waals surface area contributed by atoms with E-state index in [2.05, 4.69) is 10.6 Å². The van der Waals surface area contributed by atoms with Crippen molar-refractivity contribution in [3.8, 4) is 0 Å². The molecule has 2 aliphatic heterocycles. The van der Waals surface area contributed by atoms with Crippen LogP contribution in [-0.2, 0) is 19.8 Å². The fourth-order valence-corrected chi connectivity index (χ4v) is 4.31. The van der Waals surface area contributed by atoms with E-state index in [4.69, 9.17) is 17.3 Å². The molecule has 0 unspecified atom stereocenters. The van der Waals surface area contributed by atoms with E-state index in [1.165, 1.54) is 18.7 Å². The lowest BCUT2D eigenvalue weighted by Gasteiger charge is -2.29. The smallest absolute Gasteiger partial charge is 0.240 e. The van der Waals surface area contributed by atoms with Crippen LogP contribution in [0.4, 0.5) is 10.1 Å². The largest absolute Gasteiger partial charge is 0.368 e. The number of fused-ring (bicyclic) bond motifs is 2. The Hall–Kier alpha value is -2.19. The van der Waals surface area contributed by atoms with E-state index in [9.17, 15) is 18.8 Å². The van der Waals surface area contributed by atoms with E-state index in [0.29, 0.717) is 16.3 Å². The van der Waals surface area contributed by atoms with E-state index < -0.39 is 35.0 Å². The molecule has 0 saturated carbocycles. The number of nitrogens with zero attached hydrogens (tertiary/aromatic N) is 1. The number of rotatable bonds is 5. The Morgan fingerprint density at radius 3 is 2.75 bits per heavy atom. The quantitative estimate of drug-likeness (QED) is 0.681. The predicted molar refractivity (Wildman–Crippen MR) is 104 cm³/mol. The number of nitrogens with two attached hydrogens (primary N) is 1. The minimum absolute atomic E-state index is 0.0243. The number of carbonyl (C=O) groups is 3. The van der Waals surface area contributed by atoms with Crippen LogP contribution >= 0.6 is 11.6 Å². The third-order valence-corrected chi connectivity index (χ3v) is 5.72. The Morgan fingerprint density at radius 2 is 2.18 bits per heavy atom. The molecule has 0 aliphatic carbocycles. The van der Waals surface area contributed by atoms with Gasteiger partial charge in [-0.1, -0.05) is 11.6 Å². The van der Waals surface area contributed by atoms with Crippen molar-refractivity contribution in [1.82, 2.24) is 10.2 Å². The monoisotopic (exact) mass is 410 g/mol. The maximum Gasteiger partial charge on any atom is 0.240 e. The first-order valence-electron chi connectivity index (χ1n) is 9.06. The maximum atomic E-state index is 14.1. The van der Waals surface area contributed by atoms with E-state index in [1.807, 2.05) is 0 Å². The number of benzene rings is 1. The molecule has 1 aromatic carbocycles. The van der Waals surface area contributed by atoms with Gasteiger partial charge in [0.15, 0.2) is 0 Å². The average Bonchev–Trinajstić information content (AvgIpc) is 3.12. The third kappa shape index (κ3) is 3.46. The van der Waals surface area contributed by atoms with Gasteiger partial charge in [-0.2, -0.15) is 0 Å². The number of halogens is 2. The molecule has 1 spiro atoms. The number of alkyl halides is 1. The molecule has 152 valence electrons. The summed E-state index contributed by atoms with van der Waals surface area (Å²) in [7, 11) is 1.55.